The van der Waals surface area contributed by atoms with Gasteiger partial charge in [0.2, 0.25) is 11.8 Å². The minimum absolute atomic E-state index is 0.0178. The average Bonchev–Trinajstić information content (AvgIpc) is 3.88. The molecule has 65 heavy (non-hydrogen) atoms. The number of aromatic nitrogens is 1. The molecule has 0 unspecified atom stereocenters. The van der Waals surface area contributed by atoms with Crippen molar-refractivity contribution in [2.45, 2.75) is 136 Å². The molecule has 6 atom stereocenters. The molecule has 4 rings (SSSR count). The van der Waals surface area contributed by atoms with E-state index in [0.29, 0.717) is 17.8 Å². The van der Waals surface area contributed by atoms with E-state index in [4.69, 9.17) is 14.3 Å². The Labute approximate surface area is 385 Å². The van der Waals surface area contributed by atoms with Crippen molar-refractivity contribution < 1.29 is 53.0 Å². The van der Waals surface area contributed by atoms with Crippen molar-refractivity contribution in [1.82, 2.24) is 25.0 Å². The van der Waals surface area contributed by atoms with Gasteiger partial charge in [-0.05, 0) is 75.2 Å². The number of likely N-dealkylation sites (N-methyl/N-ethyl adjacent to an activating group) is 1. The molecule has 0 saturated carbocycles. The molecule has 0 bridgehead atoms. The van der Waals surface area contributed by atoms with Crippen LogP contribution in [0.5, 0.6) is 5.75 Å². The maximum Gasteiger partial charge on any atom is 0.373 e. The van der Waals surface area contributed by atoms with E-state index in [9.17, 15) is 38.7 Å². The summed E-state index contributed by atoms with van der Waals surface area (Å²) in [6.07, 6.45) is 7.87. The lowest BCUT2D eigenvalue weighted by molar-refractivity contribution is -0.192. The number of ketones is 1. The molecule has 2 aliphatic rings. The topological polar surface area (TPSA) is 230 Å². The second-order valence-electron chi connectivity index (χ2n) is 17.2. The van der Waals surface area contributed by atoms with Crippen molar-refractivity contribution in [2.24, 2.45) is 17.8 Å². The largest absolute Gasteiger partial charge is 0.506 e. The standard InChI is InChI=1S/C46H66N6O9S.CO2/c1-9-14-32(23-31-17-18-38(54)34(24-31)48-41(56)16-13-22-52-42(57)19-20-43(52)58)47-44(59)35-27-62-45(49-35)40(61-30(6)53)26-37(28(3)4)51(8)46(60)33(29(5)10-2)25-39(55)36-15-11-12-21-50(36)7;2-1-3/h17-20,24,27-29,32-33,36-37,40,54H,9-16,21-23,25-26H2,1-8H3,(H,47,59)(H,48,56);/t29-,32+,33-,36+,37+,40+;/m0./s1. The molecule has 3 heterocycles. The lowest BCUT2D eigenvalue weighted by Crippen LogP contribution is -2.48. The van der Waals surface area contributed by atoms with Crippen LogP contribution >= 0.6 is 11.3 Å². The first kappa shape index (κ1) is 53.8. The number of hydrogen-bond donors (Lipinski definition) is 3. The molecule has 3 N–H and O–H groups in total. The third-order valence-corrected chi connectivity index (χ3v) is 13.0. The van der Waals surface area contributed by atoms with Crippen LogP contribution in [0.25, 0.3) is 0 Å². The third kappa shape index (κ3) is 16.1. The highest BCUT2D eigenvalue weighted by Gasteiger charge is 2.38. The summed E-state index contributed by atoms with van der Waals surface area (Å²) in [7, 11) is 3.73. The number of phenols is 1. The Balaban J connectivity index is 0.00000363. The number of likely N-dealkylation sites (tertiary alicyclic amines) is 1. The number of aromatic hydroxyl groups is 1. The molecule has 1 fully saturated rings. The summed E-state index contributed by atoms with van der Waals surface area (Å²) < 4.78 is 5.82. The number of esters is 1. The number of nitrogens with one attached hydrogen (secondary N) is 2. The second-order valence-corrected chi connectivity index (χ2v) is 18.1. The van der Waals surface area contributed by atoms with E-state index in [1.165, 1.54) is 36.5 Å². The number of hydrogen-bond acceptors (Lipinski definition) is 14. The predicted molar refractivity (Wildman–Crippen MR) is 242 cm³/mol. The monoisotopic (exact) mass is 922 g/mol. The molecule has 5 amide bonds. The summed E-state index contributed by atoms with van der Waals surface area (Å²) in [5.41, 5.74) is 1.11. The van der Waals surface area contributed by atoms with E-state index in [1.807, 2.05) is 41.7 Å². The predicted octanol–water partition coefficient (Wildman–Crippen LogP) is 5.63. The van der Waals surface area contributed by atoms with Crippen LogP contribution in [-0.2, 0) is 49.5 Å². The summed E-state index contributed by atoms with van der Waals surface area (Å²) >= 11 is 1.20. The number of nitrogens with zero attached hydrogens (tertiary/aromatic N) is 4. The Morgan fingerprint density at radius 2 is 1.74 bits per heavy atom. The summed E-state index contributed by atoms with van der Waals surface area (Å²) in [5.74, 6) is -2.84. The van der Waals surface area contributed by atoms with Gasteiger partial charge in [-0.1, -0.05) is 59.9 Å². The van der Waals surface area contributed by atoms with Crippen LogP contribution in [0.4, 0.5) is 5.69 Å². The molecule has 0 spiro atoms. The number of Topliss-reactive ketones (excluding diaryl/α,β-unsaturated/α-hetero) is 1. The number of rotatable bonds is 23. The molecule has 18 heteroatoms. The number of ether oxygens (including phenoxy) is 1. The first-order valence-corrected chi connectivity index (χ1v) is 23.3. The molecule has 1 saturated heterocycles. The van der Waals surface area contributed by atoms with Gasteiger partial charge in [0.25, 0.3) is 17.7 Å². The van der Waals surface area contributed by atoms with Crippen LogP contribution in [0.15, 0.2) is 35.7 Å². The van der Waals surface area contributed by atoms with Gasteiger partial charge in [0.05, 0.1) is 11.7 Å². The summed E-state index contributed by atoms with van der Waals surface area (Å²) in [5, 5.41) is 18.3. The van der Waals surface area contributed by atoms with E-state index in [1.54, 1.807) is 29.5 Å². The van der Waals surface area contributed by atoms with Crippen LogP contribution in [0.1, 0.15) is 133 Å². The molecule has 0 radical (unpaired) electrons. The molecule has 356 valence electrons. The van der Waals surface area contributed by atoms with Crippen molar-refractivity contribution in [2.75, 3.05) is 32.5 Å². The lowest BCUT2D eigenvalue weighted by atomic mass is 9.83. The first-order chi connectivity index (χ1) is 30.8. The van der Waals surface area contributed by atoms with Crippen LogP contribution in [0.2, 0.25) is 0 Å². The highest BCUT2D eigenvalue weighted by Crippen LogP contribution is 2.33. The molecular weight excluding hydrogens is 857 g/mol. The maximum absolute atomic E-state index is 14.3. The fraction of sp³-hybridized carbons (Fsp3) is 0.596. The lowest BCUT2D eigenvalue weighted by Gasteiger charge is -2.37. The second kappa shape index (κ2) is 26.4. The molecule has 0 aliphatic carbocycles. The summed E-state index contributed by atoms with van der Waals surface area (Å²) in [4.78, 5) is 116. The minimum atomic E-state index is -0.833. The fourth-order valence-corrected chi connectivity index (χ4v) is 9.14. The number of carbonyl (C=O) groups excluding carboxylic acids is 9. The fourth-order valence-electron chi connectivity index (χ4n) is 8.30. The Hall–Kier alpha value is -5.58. The van der Waals surface area contributed by atoms with Crippen LogP contribution in [-0.4, -0.2) is 118 Å². The highest BCUT2D eigenvalue weighted by atomic mass is 32.1. The quantitative estimate of drug-likeness (QED) is 0.0698. The van der Waals surface area contributed by atoms with Gasteiger partial charge in [0.15, 0.2) is 11.9 Å². The number of anilines is 1. The van der Waals surface area contributed by atoms with Crippen molar-refractivity contribution in [1.29, 1.82) is 0 Å². The Morgan fingerprint density at radius 3 is 2.34 bits per heavy atom. The SMILES string of the molecule is CCC[C@H](Cc1ccc(O)c(NC(=O)CCCN2C(=O)C=CC2=O)c1)NC(=O)c1csc([C@@H](C[C@H](C(C)C)N(C)C(=O)[C@@H](CC(=O)[C@H]2CCCCN2C)[C@@H](C)CC)OC(C)=O)n1.O=C=O. The maximum atomic E-state index is 14.3. The normalized spacial score (nSPS) is 17.2. The summed E-state index contributed by atoms with van der Waals surface area (Å²) in [6, 6.07) is 3.96. The van der Waals surface area contributed by atoms with Gasteiger partial charge in [-0.25, -0.2) is 4.98 Å². The van der Waals surface area contributed by atoms with E-state index < -0.39 is 41.6 Å². The van der Waals surface area contributed by atoms with Crippen molar-refractivity contribution in [3.05, 3.63) is 52.0 Å². The van der Waals surface area contributed by atoms with Gasteiger partial charge in [0, 0.05) is 75.3 Å². The first-order valence-electron chi connectivity index (χ1n) is 22.4. The van der Waals surface area contributed by atoms with Crippen LogP contribution < -0.4 is 10.6 Å². The molecule has 1 aromatic heterocycles. The zero-order valence-electron chi connectivity index (χ0n) is 38.9. The number of piperidine rings is 1. The van der Waals surface area contributed by atoms with E-state index >= 15 is 0 Å². The number of amides is 5. The molecular formula is C47H66N6O11S. The van der Waals surface area contributed by atoms with E-state index in [0.717, 1.165) is 49.1 Å². The van der Waals surface area contributed by atoms with Gasteiger partial charge in [-0.15, -0.1) is 11.3 Å². The minimum Gasteiger partial charge on any atom is -0.506 e. The van der Waals surface area contributed by atoms with Crippen LogP contribution in [0.3, 0.4) is 0 Å². The smallest absolute Gasteiger partial charge is 0.373 e. The highest BCUT2D eigenvalue weighted by molar-refractivity contribution is 7.09. The van der Waals surface area contributed by atoms with E-state index in [-0.39, 0.29) is 97.2 Å². The van der Waals surface area contributed by atoms with Crippen LogP contribution in [0, 0.1) is 17.8 Å². The van der Waals surface area contributed by atoms with Crippen molar-refractivity contribution in [3.63, 3.8) is 0 Å². The number of benzene rings is 1. The van der Waals surface area contributed by atoms with Crippen molar-refractivity contribution in [3.8, 4) is 5.75 Å². The zero-order chi connectivity index (χ0) is 48.4. The molecule has 1 aromatic carbocycles. The zero-order valence-corrected chi connectivity index (χ0v) is 39.7. The third-order valence-electron chi connectivity index (χ3n) is 12.1. The molecule has 2 aromatic rings. The summed E-state index contributed by atoms with van der Waals surface area (Å²) in [6.45, 7) is 12.3. The number of thiazole rings is 1. The molecule has 17 nitrogen and oxygen atoms in total. The Bertz CT molecular complexity index is 2030. The van der Waals surface area contributed by atoms with E-state index in [2.05, 4.69) is 20.5 Å². The van der Waals surface area contributed by atoms with Gasteiger partial charge in [-0.3, -0.25) is 43.4 Å². The van der Waals surface area contributed by atoms with Gasteiger partial charge in [-0.2, -0.15) is 9.59 Å². The Morgan fingerprint density at radius 1 is 1.06 bits per heavy atom. The number of imide groups is 1. The van der Waals surface area contributed by atoms with Gasteiger partial charge >= 0.3 is 12.1 Å². The van der Waals surface area contributed by atoms with Gasteiger partial charge < -0.3 is 25.4 Å². The number of phenolic OH excluding ortho intramolecular Hbond substituents is 1. The Kier molecular flexibility index (Phi) is 21.8. The average molecular weight is 923 g/mol. The van der Waals surface area contributed by atoms with Gasteiger partial charge in [0.1, 0.15) is 16.5 Å². The van der Waals surface area contributed by atoms with Crippen molar-refractivity contribution >= 4 is 64.5 Å². The number of carbonyl (C=O) groups is 7. The molecule has 2 aliphatic heterocycles.